The van der Waals surface area contributed by atoms with E-state index in [9.17, 15) is 14.3 Å². The molecular formula is C24H26Cl2FN3O2S. The van der Waals surface area contributed by atoms with Gasteiger partial charge in [-0.2, -0.15) is 0 Å². The molecule has 5 nitrogen and oxygen atoms in total. The molecule has 33 heavy (non-hydrogen) atoms. The van der Waals surface area contributed by atoms with E-state index in [1.54, 1.807) is 16.8 Å². The van der Waals surface area contributed by atoms with Crippen LogP contribution in [0.15, 0.2) is 35.2 Å². The molecule has 1 aliphatic carbocycles. The fourth-order valence-electron chi connectivity index (χ4n) is 4.99. The lowest BCUT2D eigenvalue weighted by molar-refractivity contribution is 0.0718. The molecule has 1 saturated carbocycles. The van der Waals surface area contributed by atoms with Gasteiger partial charge in [-0.3, -0.25) is 4.79 Å². The molecule has 2 atom stereocenters. The van der Waals surface area contributed by atoms with E-state index >= 15 is 0 Å². The highest BCUT2D eigenvalue weighted by Gasteiger charge is 2.43. The summed E-state index contributed by atoms with van der Waals surface area (Å²) in [7, 11) is 2.08. The van der Waals surface area contributed by atoms with Crippen molar-refractivity contribution in [3.05, 3.63) is 51.8 Å². The van der Waals surface area contributed by atoms with Crippen molar-refractivity contribution in [2.24, 2.45) is 5.92 Å². The summed E-state index contributed by atoms with van der Waals surface area (Å²) in [6, 6.07) is 7.83. The second-order valence-electron chi connectivity index (χ2n) is 9.24. The maximum atomic E-state index is 13.4. The summed E-state index contributed by atoms with van der Waals surface area (Å²) in [4.78, 5) is 18.1. The van der Waals surface area contributed by atoms with Gasteiger partial charge >= 0.3 is 0 Å². The molecule has 2 aliphatic heterocycles. The molecule has 2 unspecified atom stereocenters. The number of carbonyl (C=O) groups excluding carboxylic acids is 1. The van der Waals surface area contributed by atoms with E-state index in [2.05, 4.69) is 16.3 Å². The first-order chi connectivity index (χ1) is 15.8. The van der Waals surface area contributed by atoms with Crippen molar-refractivity contribution in [2.45, 2.75) is 42.7 Å². The number of aromatic hydroxyl groups is 1. The van der Waals surface area contributed by atoms with Gasteiger partial charge in [0.15, 0.2) is 5.75 Å². The van der Waals surface area contributed by atoms with Crippen LogP contribution in [0.25, 0.3) is 0 Å². The minimum atomic E-state index is -0.464. The number of rotatable bonds is 6. The fourth-order valence-corrected chi connectivity index (χ4v) is 6.49. The Labute approximate surface area is 207 Å². The zero-order valence-electron chi connectivity index (χ0n) is 18.3. The number of nitrogens with zero attached hydrogens (tertiary/aromatic N) is 3. The summed E-state index contributed by atoms with van der Waals surface area (Å²) in [5.41, 5.74) is 1.04. The number of halogens is 3. The van der Waals surface area contributed by atoms with Gasteiger partial charge in [0.2, 0.25) is 0 Å². The monoisotopic (exact) mass is 509 g/mol. The van der Waals surface area contributed by atoms with Crippen molar-refractivity contribution in [3.8, 4) is 5.75 Å². The number of amides is 1. The fraction of sp³-hybridized carbons (Fsp3) is 0.458. The molecular weight excluding hydrogens is 484 g/mol. The van der Waals surface area contributed by atoms with Crippen LogP contribution in [0.1, 0.15) is 36.0 Å². The van der Waals surface area contributed by atoms with Crippen molar-refractivity contribution >= 4 is 46.7 Å². The number of phenolic OH excluding ortho intramolecular Hbond substituents is 1. The van der Waals surface area contributed by atoms with E-state index in [1.807, 2.05) is 12.1 Å². The minimum absolute atomic E-state index is 0.0679. The zero-order chi connectivity index (χ0) is 23.3. The van der Waals surface area contributed by atoms with Crippen molar-refractivity contribution in [2.75, 3.05) is 31.6 Å². The van der Waals surface area contributed by atoms with E-state index in [1.165, 1.54) is 31.0 Å². The Kier molecular flexibility index (Phi) is 6.42. The number of anilines is 1. The van der Waals surface area contributed by atoms with Crippen LogP contribution in [0.3, 0.4) is 0 Å². The third-order valence-electron chi connectivity index (χ3n) is 6.70. The molecule has 176 valence electrons. The summed E-state index contributed by atoms with van der Waals surface area (Å²) < 4.78 is 15.6. The largest absolute Gasteiger partial charge is 0.504 e. The Balaban J connectivity index is 1.35. The number of fused-ring (bicyclic) bond motifs is 2. The van der Waals surface area contributed by atoms with Gasteiger partial charge in [0.25, 0.3) is 5.91 Å². The lowest BCUT2D eigenvalue weighted by Gasteiger charge is -2.43. The topological polar surface area (TPSA) is 47.0 Å². The Morgan fingerprint density at radius 3 is 2.45 bits per heavy atom. The van der Waals surface area contributed by atoms with Gasteiger partial charge in [-0.15, -0.1) is 0 Å². The van der Waals surface area contributed by atoms with Crippen LogP contribution in [-0.4, -0.2) is 59.0 Å². The van der Waals surface area contributed by atoms with Crippen LogP contribution in [0.5, 0.6) is 5.75 Å². The lowest BCUT2D eigenvalue weighted by Crippen LogP contribution is -2.55. The first-order valence-corrected chi connectivity index (χ1v) is 12.8. The van der Waals surface area contributed by atoms with E-state index in [-0.39, 0.29) is 28.8 Å². The minimum Gasteiger partial charge on any atom is -0.504 e. The number of hydrogen-bond acceptors (Lipinski definition) is 5. The second kappa shape index (κ2) is 9.17. The first-order valence-electron chi connectivity index (χ1n) is 11.2. The Bertz CT molecular complexity index is 1070. The number of hydrogen-bond donors (Lipinski definition) is 1. The molecule has 3 aliphatic rings. The molecule has 0 spiro atoms. The number of benzene rings is 2. The highest BCUT2D eigenvalue weighted by atomic mass is 35.5. The molecule has 2 aromatic rings. The lowest BCUT2D eigenvalue weighted by atomic mass is 10.1. The Morgan fingerprint density at radius 1 is 1.12 bits per heavy atom. The van der Waals surface area contributed by atoms with Gasteiger partial charge in [-0.25, -0.2) is 8.70 Å². The highest BCUT2D eigenvalue weighted by molar-refractivity contribution is 7.97. The summed E-state index contributed by atoms with van der Waals surface area (Å²) in [6.45, 7) is 2.06. The van der Waals surface area contributed by atoms with Gasteiger partial charge in [0.1, 0.15) is 5.82 Å². The summed E-state index contributed by atoms with van der Waals surface area (Å²) in [5.74, 6) is 0.217. The number of likely N-dealkylation sites (tertiary alicyclic amines) is 1. The predicted octanol–water partition coefficient (Wildman–Crippen LogP) is 5.68. The standard InChI is InChI=1S/C24H26Cl2FN3O2S/c1-28(11-14-2-3-14)33-18-9-21(26)23(31)22(10-18)30-16-5-6-17(30)13-29(12-16)24(32)19-7-4-15(27)8-20(19)25/h4,7-10,14,16-17,31H,2-3,5-6,11-13H2,1H3. The van der Waals surface area contributed by atoms with Crippen molar-refractivity contribution in [3.63, 3.8) is 0 Å². The molecule has 0 radical (unpaired) electrons. The molecule has 1 N–H and O–H groups in total. The normalized spacial score (nSPS) is 22.3. The van der Waals surface area contributed by atoms with Gasteiger partial charge in [0, 0.05) is 36.6 Å². The zero-order valence-corrected chi connectivity index (χ0v) is 20.6. The van der Waals surface area contributed by atoms with E-state index in [0.717, 1.165) is 35.9 Å². The third kappa shape index (κ3) is 4.78. The molecule has 2 heterocycles. The molecule has 2 bridgehead atoms. The molecule has 5 rings (SSSR count). The van der Waals surface area contributed by atoms with Crippen LogP contribution in [0.2, 0.25) is 10.0 Å². The van der Waals surface area contributed by atoms with Gasteiger partial charge < -0.3 is 14.9 Å². The molecule has 3 fully saturated rings. The van der Waals surface area contributed by atoms with Crippen LogP contribution in [-0.2, 0) is 0 Å². The summed E-state index contributed by atoms with van der Waals surface area (Å²) in [6.07, 6.45) is 4.42. The predicted molar refractivity (Wildman–Crippen MR) is 131 cm³/mol. The Morgan fingerprint density at radius 2 is 1.82 bits per heavy atom. The van der Waals surface area contributed by atoms with Gasteiger partial charge in [-0.1, -0.05) is 23.2 Å². The van der Waals surface area contributed by atoms with E-state index in [0.29, 0.717) is 23.7 Å². The van der Waals surface area contributed by atoms with Gasteiger partial charge in [0.05, 0.1) is 21.3 Å². The molecule has 2 aromatic carbocycles. The maximum absolute atomic E-state index is 13.4. The van der Waals surface area contributed by atoms with Crippen molar-refractivity contribution in [1.29, 1.82) is 0 Å². The number of piperazine rings is 1. The molecule has 1 amide bonds. The first kappa shape index (κ1) is 23.1. The number of phenols is 1. The van der Waals surface area contributed by atoms with Crippen LogP contribution >= 0.6 is 35.1 Å². The third-order valence-corrected chi connectivity index (χ3v) is 8.21. The SMILES string of the molecule is CN(CC1CC1)Sc1cc(Cl)c(O)c(N2C3CCC2CN(C(=O)c2ccc(F)cc2Cl)C3)c1. The molecule has 0 aromatic heterocycles. The van der Waals surface area contributed by atoms with Gasteiger partial charge in [-0.05, 0) is 80.9 Å². The van der Waals surface area contributed by atoms with E-state index < -0.39 is 5.82 Å². The van der Waals surface area contributed by atoms with Crippen molar-refractivity contribution in [1.82, 2.24) is 9.21 Å². The Hall–Kier alpha value is -1.67. The van der Waals surface area contributed by atoms with Crippen LogP contribution in [0.4, 0.5) is 10.1 Å². The molecule has 2 saturated heterocycles. The quantitative estimate of drug-likeness (QED) is 0.507. The van der Waals surface area contributed by atoms with Crippen LogP contribution in [0, 0.1) is 11.7 Å². The smallest absolute Gasteiger partial charge is 0.255 e. The molecule has 9 heteroatoms. The van der Waals surface area contributed by atoms with Crippen molar-refractivity contribution < 1.29 is 14.3 Å². The summed E-state index contributed by atoms with van der Waals surface area (Å²) >= 11 is 14.2. The average Bonchev–Trinajstić information content (AvgIpc) is 3.53. The van der Waals surface area contributed by atoms with Crippen LogP contribution < -0.4 is 4.90 Å². The maximum Gasteiger partial charge on any atom is 0.255 e. The second-order valence-corrected chi connectivity index (χ2v) is 11.3. The highest BCUT2D eigenvalue weighted by Crippen LogP contribution is 2.45. The average molecular weight is 510 g/mol. The summed E-state index contributed by atoms with van der Waals surface area (Å²) in [5, 5.41) is 11.3. The van der Waals surface area contributed by atoms with E-state index in [4.69, 9.17) is 23.2 Å². The number of carbonyl (C=O) groups is 1.